The second-order valence-corrected chi connectivity index (χ2v) is 3.33. The summed E-state index contributed by atoms with van der Waals surface area (Å²) in [6.07, 6.45) is 1.89. The van der Waals surface area contributed by atoms with Crippen molar-refractivity contribution in [3.63, 3.8) is 0 Å². The predicted octanol–water partition coefficient (Wildman–Crippen LogP) is 1.85. The van der Waals surface area contributed by atoms with Crippen LogP contribution in [-0.2, 0) is 4.79 Å². The van der Waals surface area contributed by atoms with Crippen LogP contribution < -0.4 is 5.32 Å². The van der Waals surface area contributed by atoms with Crippen molar-refractivity contribution in [2.45, 2.75) is 6.42 Å². The Morgan fingerprint density at radius 2 is 2.46 bits per heavy atom. The van der Waals surface area contributed by atoms with Crippen LogP contribution in [0.25, 0.3) is 0 Å². The van der Waals surface area contributed by atoms with Gasteiger partial charge in [0.2, 0.25) is 11.2 Å². The Balaban J connectivity index is 2.58. The largest absolute Gasteiger partial charge is 0.311 e. The van der Waals surface area contributed by atoms with Crippen molar-refractivity contribution in [1.29, 1.82) is 0 Å². The molecular weight excluding hydrogens is 257 g/mol. The van der Waals surface area contributed by atoms with E-state index in [4.69, 9.17) is 11.6 Å². The Bertz CT molecular complexity index is 308. The molecule has 0 aliphatic rings. The highest BCUT2D eigenvalue weighted by Crippen LogP contribution is 2.06. The summed E-state index contributed by atoms with van der Waals surface area (Å²) >= 11 is 8.68. The van der Waals surface area contributed by atoms with Crippen LogP contribution in [0.15, 0.2) is 12.3 Å². The Hall–Kier alpha value is -0.680. The number of hydrogen-bond donors (Lipinski definition) is 1. The highest BCUT2D eigenvalue weighted by Gasteiger charge is 2.02. The normalized spacial score (nSPS) is 9.69. The van der Waals surface area contributed by atoms with E-state index >= 15 is 0 Å². The van der Waals surface area contributed by atoms with Crippen LogP contribution in [0.1, 0.15) is 6.42 Å². The number of nitrogens with one attached hydrogen (secondary N) is 1. The van der Waals surface area contributed by atoms with E-state index in [0.717, 1.165) is 0 Å². The van der Waals surface area contributed by atoms with E-state index < -0.39 is 0 Å². The maximum Gasteiger partial charge on any atom is 0.226 e. The lowest BCUT2D eigenvalue weighted by atomic mass is 10.4. The van der Waals surface area contributed by atoms with Crippen LogP contribution in [0, 0.1) is 0 Å². The van der Waals surface area contributed by atoms with Gasteiger partial charge >= 0.3 is 0 Å². The summed E-state index contributed by atoms with van der Waals surface area (Å²) in [5.41, 5.74) is 0. The lowest BCUT2D eigenvalue weighted by molar-refractivity contribution is -0.115. The summed E-state index contributed by atoms with van der Waals surface area (Å²) in [6, 6.07) is 1.58. The number of anilines is 1. The Labute approximate surface area is 88.8 Å². The van der Waals surface area contributed by atoms with Crippen LogP contribution in [-0.4, -0.2) is 21.2 Å². The maximum absolute atomic E-state index is 11.1. The number of carbonyl (C=O) groups excluding carboxylic acids is 1. The molecule has 0 saturated heterocycles. The van der Waals surface area contributed by atoms with Crippen LogP contribution in [0.4, 0.5) is 5.82 Å². The minimum absolute atomic E-state index is 0.105. The third-order valence-corrected chi connectivity index (χ3v) is 1.79. The number of carbonyl (C=O) groups is 1. The minimum atomic E-state index is -0.105. The van der Waals surface area contributed by atoms with Gasteiger partial charge in [-0.25, -0.2) is 9.97 Å². The zero-order valence-corrected chi connectivity index (χ0v) is 8.97. The van der Waals surface area contributed by atoms with Gasteiger partial charge in [0.1, 0.15) is 5.82 Å². The fourth-order valence-electron chi connectivity index (χ4n) is 0.696. The van der Waals surface area contributed by atoms with E-state index in [2.05, 4.69) is 31.2 Å². The standard InChI is InChI=1S/C7H7BrClN3O/c8-3-1-6(13)11-5-2-4-10-7(9)12-5/h2,4H,1,3H2,(H,10,11,12,13). The summed E-state index contributed by atoms with van der Waals surface area (Å²) in [7, 11) is 0. The zero-order valence-electron chi connectivity index (χ0n) is 6.63. The number of amides is 1. The molecule has 0 aliphatic heterocycles. The van der Waals surface area contributed by atoms with Gasteiger partial charge in [0, 0.05) is 17.9 Å². The number of halogens is 2. The fraction of sp³-hybridized carbons (Fsp3) is 0.286. The third-order valence-electron chi connectivity index (χ3n) is 1.22. The van der Waals surface area contributed by atoms with Gasteiger partial charge in [0.05, 0.1) is 0 Å². The zero-order chi connectivity index (χ0) is 9.68. The molecule has 1 aromatic heterocycles. The van der Waals surface area contributed by atoms with Gasteiger partial charge in [-0.2, -0.15) is 0 Å². The van der Waals surface area contributed by atoms with E-state index in [1.165, 1.54) is 6.20 Å². The van der Waals surface area contributed by atoms with Crippen LogP contribution in [0.5, 0.6) is 0 Å². The molecule has 0 unspecified atom stereocenters. The molecule has 0 aromatic carbocycles. The average Bonchev–Trinajstić information content (AvgIpc) is 2.04. The van der Waals surface area contributed by atoms with Gasteiger partial charge in [0.15, 0.2) is 0 Å². The SMILES string of the molecule is O=C(CCBr)Nc1ccnc(Cl)n1. The summed E-state index contributed by atoms with van der Waals surface area (Å²) in [5, 5.41) is 3.32. The Morgan fingerprint density at radius 1 is 1.69 bits per heavy atom. The lowest BCUT2D eigenvalue weighted by Crippen LogP contribution is -2.12. The van der Waals surface area contributed by atoms with Crippen molar-refractivity contribution >= 4 is 39.3 Å². The molecule has 1 rings (SSSR count). The molecule has 70 valence electrons. The van der Waals surface area contributed by atoms with Crippen LogP contribution >= 0.6 is 27.5 Å². The molecule has 0 radical (unpaired) electrons. The van der Waals surface area contributed by atoms with Crippen molar-refractivity contribution in [3.8, 4) is 0 Å². The molecule has 1 amide bonds. The number of nitrogens with zero attached hydrogens (tertiary/aromatic N) is 2. The lowest BCUT2D eigenvalue weighted by Gasteiger charge is -2.01. The van der Waals surface area contributed by atoms with Crippen molar-refractivity contribution in [2.24, 2.45) is 0 Å². The van der Waals surface area contributed by atoms with Gasteiger partial charge in [-0.15, -0.1) is 0 Å². The molecule has 0 atom stereocenters. The second-order valence-electron chi connectivity index (χ2n) is 2.20. The molecule has 0 aliphatic carbocycles. The molecular formula is C7H7BrClN3O. The number of alkyl halides is 1. The van der Waals surface area contributed by atoms with Gasteiger partial charge in [-0.05, 0) is 17.7 Å². The molecule has 1 N–H and O–H groups in total. The minimum Gasteiger partial charge on any atom is -0.311 e. The first-order valence-electron chi connectivity index (χ1n) is 3.56. The van der Waals surface area contributed by atoms with Crippen molar-refractivity contribution in [1.82, 2.24) is 9.97 Å². The summed E-state index contributed by atoms with van der Waals surface area (Å²) in [4.78, 5) is 18.6. The van der Waals surface area contributed by atoms with Gasteiger partial charge in [-0.3, -0.25) is 4.79 Å². The summed E-state index contributed by atoms with van der Waals surface area (Å²) in [6.45, 7) is 0. The van der Waals surface area contributed by atoms with Crippen LogP contribution in [0.3, 0.4) is 0 Å². The molecule has 0 bridgehead atoms. The average molecular weight is 265 g/mol. The number of hydrogen-bond acceptors (Lipinski definition) is 3. The molecule has 4 nitrogen and oxygen atoms in total. The molecule has 1 aromatic rings. The number of aromatic nitrogens is 2. The van der Waals surface area contributed by atoms with E-state index in [1.807, 2.05) is 0 Å². The first-order valence-corrected chi connectivity index (χ1v) is 5.06. The van der Waals surface area contributed by atoms with E-state index in [0.29, 0.717) is 17.6 Å². The first-order chi connectivity index (χ1) is 6.22. The van der Waals surface area contributed by atoms with Gasteiger partial charge in [-0.1, -0.05) is 15.9 Å². The molecule has 6 heteroatoms. The topological polar surface area (TPSA) is 54.9 Å². The summed E-state index contributed by atoms with van der Waals surface area (Å²) in [5.74, 6) is 0.317. The monoisotopic (exact) mass is 263 g/mol. The fourth-order valence-corrected chi connectivity index (χ4v) is 1.20. The second kappa shape index (κ2) is 5.14. The maximum atomic E-state index is 11.1. The third kappa shape index (κ3) is 3.69. The molecule has 1 heterocycles. The van der Waals surface area contributed by atoms with Crippen LogP contribution in [0.2, 0.25) is 5.28 Å². The van der Waals surface area contributed by atoms with Crippen molar-refractivity contribution < 1.29 is 4.79 Å². The smallest absolute Gasteiger partial charge is 0.226 e. The van der Waals surface area contributed by atoms with E-state index in [9.17, 15) is 4.79 Å². The van der Waals surface area contributed by atoms with E-state index in [1.54, 1.807) is 6.07 Å². The quantitative estimate of drug-likeness (QED) is 0.669. The summed E-state index contributed by atoms with van der Waals surface area (Å²) < 4.78 is 0. The van der Waals surface area contributed by atoms with Crippen molar-refractivity contribution in [3.05, 3.63) is 17.5 Å². The number of rotatable bonds is 3. The van der Waals surface area contributed by atoms with Gasteiger partial charge in [0.25, 0.3) is 0 Å². The highest BCUT2D eigenvalue weighted by molar-refractivity contribution is 9.09. The van der Waals surface area contributed by atoms with Crippen molar-refractivity contribution in [2.75, 3.05) is 10.6 Å². The Kier molecular flexibility index (Phi) is 4.11. The van der Waals surface area contributed by atoms with Gasteiger partial charge < -0.3 is 5.32 Å². The highest BCUT2D eigenvalue weighted by atomic mass is 79.9. The molecule has 0 saturated carbocycles. The molecule has 0 spiro atoms. The first kappa shape index (κ1) is 10.4. The van der Waals surface area contributed by atoms with E-state index in [-0.39, 0.29) is 11.2 Å². The molecule has 0 fully saturated rings. The molecule has 13 heavy (non-hydrogen) atoms. The predicted molar refractivity (Wildman–Crippen MR) is 54.1 cm³/mol. The Morgan fingerprint density at radius 3 is 3.08 bits per heavy atom.